The quantitative estimate of drug-likeness (QED) is 0.384. The van der Waals surface area contributed by atoms with Crippen molar-refractivity contribution in [1.82, 2.24) is 19.9 Å². The second-order valence-electron chi connectivity index (χ2n) is 8.30. The van der Waals surface area contributed by atoms with Crippen molar-refractivity contribution in [1.29, 1.82) is 0 Å². The Hall–Kier alpha value is -4.99. The molecule has 186 valence electrons. The number of halogens is 1. The van der Waals surface area contributed by atoms with Crippen LogP contribution in [0.25, 0.3) is 17.1 Å². The number of nitrogens with zero attached hydrogens (tertiary/aromatic N) is 3. The van der Waals surface area contributed by atoms with E-state index in [0.29, 0.717) is 17.1 Å². The van der Waals surface area contributed by atoms with Gasteiger partial charge in [0, 0.05) is 24.4 Å². The molecule has 5 rings (SSSR count). The summed E-state index contributed by atoms with van der Waals surface area (Å²) in [6.45, 7) is 0. The first-order valence-corrected chi connectivity index (χ1v) is 11.4. The number of ether oxygens (including phenoxy) is 2. The maximum atomic E-state index is 13.6. The average Bonchev–Trinajstić information content (AvgIpc) is 3.61. The Balaban J connectivity index is 1.46. The summed E-state index contributed by atoms with van der Waals surface area (Å²) in [5, 5.41) is 2.86. The molecule has 2 aromatic carbocycles. The highest BCUT2D eigenvalue weighted by Gasteiger charge is 2.51. The number of primary amides is 1. The number of carbonyl (C=O) groups is 2. The van der Waals surface area contributed by atoms with Gasteiger partial charge in [-0.3, -0.25) is 14.2 Å². The number of nitrogens with one attached hydrogen (secondary N) is 1. The van der Waals surface area contributed by atoms with Crippen LogP contribution in [0.2, 0.25) is 0 Å². The summed E-state index contributed by atoms with van der Waals surface area (Å²) in [5.74, 6) is -3.38. The highest BCUT2D eigenvalue weighted by atomic mass is 19.1. The van der Waals surface area contributed by atoms with Crippen LogP contribution in [0, 0.1) is 5.82 Å². The first-order valence-electron chi connectivity index (χ1n) is 11.4. The van der Waals surface area contributed by atoms with Crippen molar-refractivity contribution in [3.05, 3.63) is 115 Å². The van der Waals surface area contributed by atoms with Crippen LogP contribution in [0.3, 0.4) is 0 Å². The van der Waals surface area contributed by atoms with Crippen LogP contribution in [0.5, 0.6) is 0 Å². The summed E-state index contributed by atoms with van der Waals surface area (Å²) in [6.07, 6.45) is 7.37. The lowest BCUT2D eigenvalue weighted by Crippen LogP contribution is -2.61. The Morgan fingerprint density at radius 1 is 1.00 bits per heavy atom. The second kappa shape index (κ2) is 9.94. The highest BCUT2D eigenvalue weighted by molar-refractivity contribution is 5.98. The molecule has 1 aliphatic heterocycles. The summed E-state index contributed by atoms with van der Waals surface area (Å²) >= 11 is 0. The van der Waals surface area contributed by atoms with Crippen LogP contribution in [0.1, 0.15) is 15.9 Å². The van der Waals surface area contributed by atoms with Crippen LogP contribution in [0.4, 0.5) is 4.39 Å². The van der Waals surface area contributed by atoms with Gasteiger partial charge in [0.2, 0.25) is 0 Å². The molecular formula is C27H22FN5O4. The zero-order valence-corrected chi connectivity index (χ0v) is 19.5. The predicted molar refractivity (Wildman–Crippen MR) is 131 cm³/mol. The van der Waals surface area contributed by atoms with Crippen LogP contribution in [-0.2, 0) is 20.7 Å². The largest absolute Gasteiger partial charge is 0.447 e. The van der Waals surface area contributed by atoms with Gasteiger partial charge in [-0.1, -0.05) is 30.3 Å². The monoisotopic (exact) mass is 499 g/mol. The number of benzene rings is 2. The van der Waals surface area contributed by atoms with E-state index in [9.17, 15) is 14.0 Å². The van der Waals surface area contributed by atoms with E-state index in [1.54, 1.807) is 41.2 Å². The number of amides is 2. The van der Waals surface area contributed by atoms with Gasteiger partial charge in [-0.2, -0.15) is 0 Å². The van der Waals surface area contributed by atoms with E-state index in [1.165, 1.54) is 31.0 Å². The molecule has 0 bridgehead atoms. The van der Waals surface area contributed by atoms with E-state index in [4.69, 9.17) is 15.2 Å². The first-order chi connectivity index (χ1) is 18.0. The summed E-state index contributed by atoms with van der Waals surface area (Å²) in [7, 11) is 0. The standard InChI is InChI=1S/C27H22FN5O4/c28-20-10-8-19(9-11-20)22-16-33(17-31-22)24-21(7-4-12-30-24)25(34)32-23(15-18-5-2-1-3-6-18)27(26(29)35)36-13-14-37-27/h1-14,16-17,23H,15H2,(H2,29,35)(H,32,34). The molecular weight excluding hydrogens is 477 g/mol. The van der Waals surface area contributed by atoms with E-state index in [1.807, 2.05) is 30.3 Å². The zero-order chi connectivity index (χ0) is 25.8. The van der Waals surface area contributed by atoms with E-state index >= 15 is 0 Å². The molecule has 0 fully saturated rings. The van der Waals surface area contributed by atoms with E-state index in [-0.39, 0.29) is 17.8 Å². The highest BCUT2D eigenvalue weighted by Crippen LogP contribution is 2.28. The lowest BCUT2D eigenvalue weighted by Gasteiger charge is -2.33. The Labute approximate surface area is 211 Å². The third kappa shape index (κ3) is 4.76. The lowest BCUT2D eigenvalue weighted by atomic mass is 9.97. The molecule has 2 amide bonds. The minimum Gasteiger partial charge on any atom is -0.447 e. The Bertz CT molecular complexity index is 1450. The van der Waals surface area contributed by atoms with Crippen molar-refractivity contribution in [2.75, 3.05) is 0 Å². The van der Waals surface area contributed by atoms with Crippen molar-refractivity contribution in [3.8, 4) is 17.1 Å². The fourth-order valence-corrected chi connectivity index (χ4v) is 4.09. The minimum absolute atomic E-state index is 0.201. The van der Waals surface area contributed by atoms with E-state index < -0.39 is 23.6 Å². The maximum Gasteiger partial charge on any atom is 0.352 e. The number of carbonyl (C=O) groups excluding carboxylic acids is 2. The molecule has 37 heavy (non-hydrogen) atoms. The van der Waals surface area contributed by atoms with Gasteiger partial charge in [-0.05, 0) is 42.0 Å². The fraction of sp³-hybridized carbons (Fsp3) is 0.111. The number of hydrogen-bond acceptors (Lipinski definition) is 6. The summed E-state index contributed by atoms with van der Waals surface area (Å²) in [4.78, 5) is 34.8. The molecule has 4 aromatic rings. The van der Waals surface area contributed by atoms with Gasteiger partial charge in [-0.25, -0.2) is 14.4 Å². The molecule has 0 radical (unpaired) electrons. The fourth-order valence-electron chi connectivity index (χ4n) is 4.09. The minimum atomic E-state index is -1.92. The average molecular weight is 500 g/mol. The molecule has 3 N–H and O–H groups in total. The zero-order valence-electron chi connectivity index (χ0n) is 19.5. The number of aromatic nitrogens is 3. The molecule has 0 spiro atoms. The molecule has 0 aliphatic carbocycles. The molecule has 0 saturated heterocycles. The van der Waals surface area contributed by atoms with E-state index in [0.717, 1.165) is 5.56 Å². The topological polar surface area (TPSA) is 121 Å². The Morgan fingerprint density at radius 3 is 2.43 bits per heavy atom. The Kier molecular flexibility index (Phi) is 6.38. The Morgan fingerprint density at radius 2 is 1.73 bits per heavy atom. The van der Waals surface area contributed by atoms with E-state index in [2.05, 4.69) is 15.3 Å². The maximum absolute atomic E-state index is 13.6. The molecule has 10 heteroatoms. The predicted octanol–water partition coefficient (Wildman–Crippen LogP) is 3.11. The van der Waals surface area contributed by atoms with Crippen molar-refractivity contribution < 1.29 is 23.5 Å². The first kappa shape index (κ1) is 23.7. The molecule has 1 aliphatic rings. The molecule has 1 unspecified atom stereocenters. The molecule has 9 nitrogen and oxygen atoms in total. The number of imidazole rings is 1. The van der Waals surface area contributed by atoms with Crippen molar-refractivity contribution in [3.63, 3.8) is 0 Å². The molecule has 1 atom stereocenters. The number of pyridine rings is 1. The van der Waals surface area contributed by atoms with Gasteiger partial charge in [-0.15, -0.1) is 0 Å². The number of rotatable bonds is 8. The smallest absolute Gasteiger partial charge is 0.352 e. The number of hydrogen-bond donors (Lipinski definition) is 2. The third-order valence-corrected chi connectivity index (χ3v) is 5.93. The molecule has 2 aromatic heterocycles. The lowest BCUT2D eigenvalue weighted by molar-refractivity contribution is -0.182. The number of nitrogens with two attached hydrogens (primary N) is 1. The van der Waals surface area contributed by atoms with Gasteiger partial charge in [0.1, 0.15) is 30.7 Å². The van der Waals surface area contributed by atoms with Crippen molar-refractivity contribution in [2.45, 2.75) is 18.2 Å². The summed E-state index contributed by atoms with van der Waals surface area (Å²) in [5.41, 5.74) is 7.99. The third-order valence-electron chi connectivity index (χ3n) is 5.93. The summed E-state index contributed by atoms with van der Waals surface area (Å²) in [6, 6.07) is 17.4. The second-order valence-corrected chi connectivity index (χ2v) is 8.30. The van der Waals surface area contributed by atoms with Crippen molar-refractivity contribution in [2.24, 2.45) is 5.73 Å². The van der Waals surface area contributed by atoms with Gasteiger partial charge in [0.15, 0.2) is 5.82 Å². The van der Waals surface area contributed by atoms with Crippen LogP contribution in [-0.4, -0.2) is 38.2 Å². The van der Waals surface area contributed by atoms with Gasteiger partial charge < -0.3 is 20.5 Å². The van der Waals surface area contributed by atoms with Gasteiger partial charge in [0.05, 0.1) is 11.3 Å². The van der Waals surface area contributed by atoms with Crippen LogP contribution in [0.15, 0.2) is 98.0 Å². The van der Waals surface area contributed by atoms with Gasteiger partial charge >= 0.3 is 11.7 Å². The molecule has 3 heterocycles. The van der Waals surface area contributed by atoms with Crippen molar-refractivity contribution >= 4 is 11.8 Å². The van der Waals surface area contributed by atoms with Gasteiger partial charge in [0.25, 0.3) is 5.91 Å². The van der Waals surface area contributed by atoms with Crippen LogP contribution >= 0.6 is 0 Å². The van der Waals surface area contributed by atoms with Crippen LogP contribution < -0.4 is 11.1 Å². The normalized spacial score (nSPS) is 14.4. The summed E-state index contributed by atoms with van der Waals surface area (Å²) < 4.78 is 25.9. The SMILES string of the molecule is NC(=O)C1(C(Cc2ccccc2)NC(=O)c2cccnc2-n2cnc(-c3ccc(F)cc3)c2)OC=CO1. The molecule has 0 saturated carbocycles.